The van der Waals surface area contributed by atoms with Crippen molar-refractivity contribution in [2.75, 3.05) is 26.4 Å². The zero-order chi connectivity index (χ0) is 30.6. The molecule has 6 heteroatoms. The smallest absolute Gasteiger partial charge is 0.344 e. The number of hydrogen-bond donors (Lipinski definition) is 0. The summed E-state index contributed by atoms with van der Waals surface area (Å²) in [5.41, 5.74) is 3.42. The van der Waals surface area contributed by atoms with Gasteiger partial charge in [0.2, 0.25) is 5.43 Å². The van der Waals surface area contributed by atoms with Crippen molar-refractivity contribution in [3.8, 4) is 16.9 Å². The van der Waals surface area contributed by atoms with Gasteiger partial charge in [0.25, 0.3) is 0 Å². The van der Waals surface area contributed by atoms with Gasteiger partial charge in [-0.25, -0.2) is 4.79 Å². The SMILES string of the molecule is CC(C)c1ccc2c(c1)c(=O)c1ccccc1[s+]2C.CCCCOCCOC(=O)COc1ccccc1-c1ccccc1. The number of hydrogen-bond acceptors (Lipinski definition) is 5. The average Bonchev–Trinajstić information content (AvgIpc) is 3.05. The Morgan fingerprint density at radius 1 is 0.791 bits per heavy atom. The Morgan fingerprint density at radius 2 is 1.49 bits per heavy atom. The minimum atomic E-state index is -0.392. The minimum absolute atomic E-state index is 0.00310. The molecule has 0 bridgehead atoms. The fourth-order valence-corrected chi connectivity index (χ4v) is 6.49. The van der Waals surface area contributed by atoms with Crippen LogP contribution in [0.4, 0.5) is 0 Å². The standard InChI is InChI=1S/C20H24O4.C17H17OS/c1-2-3-13-22-14-15-23-20(21)16-24-19-12-8-7-11-18(19)17-9-5-4-6-10-17;1-11(2)12-8-9-16-14(10-12)17(18)13-6-4-5-7-15(13)19(16)3/h4-12H,2-3,13-16H2,1H3;4-11H,1-3H3/q;+1. The van der Waals surface area contributed by atoms with Crippen LogP contribution in [0.25, 0.3) is 31.3 Å². The molecule has 0 aliphatic heterocycles. The van der Waals surface area contributed by atoms with Crippen LogP contribution < -0.4 is 10.2 Å². The van der Waals surface area contributed by atoms with E-state index in [1.165, 1.54) is 15.0 Å². The van der Waals surface area contributed by atoms with Crippen LogP contribution in [0.3, 0.4) is 0 Å². The summed E-state index contributed by atoms with van der Waals surface area (Å²) in [7, 11) is -0.00310. The lowest BCUT2D eigenvalue weighted by Crippen LogP contribution is -2.18. The minimum Gasteiger partial charge on any atom is -0.481 e. The Balaban J connectivity index is 0.000000202. The summed E-state index contributed by atoms with van der Waals surface area (Å²) in [6.07, 6.45) is 4.32. The van der Waals surface area contributed by atoms with Gasteiger partial charge in [-0.1, -0.05) is 93.9 Å². The summed E-state index contributed by atoms with van der Waals surface area (Å²) >= 11 is 0. The number of esters is 1. The van der Waals surface area contributed by atoms with Crippen LogP contribution >= 0.6 is 10.5 Å². The normalized spacial score (nSPS) is 11.3. The summed E-state index contributed by atoms with van der Waals surface area (Å²) in [4.78, 5) is 24.4. The van der Waals surface area contributed by atoms with Gasteiger partial charge < -0.3 is 14.2 Å². The van der Waals surface area contributed by atoms with Gasteiger partial charge in [0.15, 0.2) is 16.0 Å². The van der Waals surface area contributed by atoms with E-state index in [4.69, 9.17) is 14.2 Å². The molecule has 1 heterocycles. The van der Waals surface area contributed by atoms with E-state index in [1.807, 2.05) is 72.8 Å². The lowest BCUT2D eigenvalue weighted by molar-refractivity contribution is -0.147. The van der Waals surface area contributed by atoms with E-state index >= 15 is 0 Å². The van der Waals surface area contributed by atoms with Gasteiger partial charge in [0.05, 0.1) is 17.4 Å². The number of carbonyl (C=O) groups is 1. The monoisotopic (exact) mass is 597 g/mol. The number of para-hydroxylation sites is 1. The average molecular weight is 598 g/mol. The van der Waals surface area contributed by atoms with Gasteiger partial charge in [-0.2, -0.15) is 0 Å². The molecule has 1 aromatic heterocycles. The van der Waals surface area contributed by atoms with Gasteiger partial charge in [0.1, 0.15) is 18.6 Å². The van der Waals surface area contributed by atoms with Crippen molar-refractivity contribution in [2.24, 2.45) is 6.26 Å². The molecule has 0 N–H and O–H groups in total. The summed E-state index contributed by atoms with van der Waals surface area (Å²) in [6.45, 7) is 7.70. The Bertz CT molecular complexity index is 1690. The molecule has 1 unspecified atom stereocenters. The molecule has 0 saturated carbocycles. The zero-order valence-corrected chi connectivity index (χ0v) is 26.3. The molecule has 0 amide bonds. The molecule has 5 nitrogen and oxygen atoms in total. The molecule has 4 aromatic carbocycles. The highest BCUT2D eigenvalue weighted by Crippen LogP contribution is 2.34. The van der Waals surface area contributed by atoms with E-state index in [2.05, 4.69) is 51.3 Å². The molecule has 1 atom stereocenters. The summed E-state index contributed by atoms with van der Waals surface area (Å²) in [5, 5.41) is 1.78. The van der Waals surface area contributed by atoms with Gasteiger partial charge in [0, 0.05) is 12.2 Å². The lowest BCUT2D eigenvalue weighted by atomic mass is 10.0. The topological polar surface area (TPSA) is 61.8 Å². The second kappa shape index (κ2) is 16.0. The van der Waals surface area contributed by atoms with E-state index in [9.17, 15) is 9.59 Å². The van der Waals surface area contributed by atoms with E-state index < -0.39 is 5.97 Å². The first kappa shape index (κ1) is 31.9. The van der Waals surface area contributed by atoms with Gasteiger partial charge in [-0.15, -0.1) is 0 Å². The molecule has 0 radical (unpaired) electrons. The third-order valence-electron chi connectivity index (χ3n) is 7.16. The van der Waals surface area contributed by atoms with E-state index in [-0.39, 0.29) is 29.1 Å². The molecule has 0 saturated heterocycles. The predicted octanol–water partition coefficient (Wildman–Crippen LogP) is 8.86. The summed E-state index contributed by atoms with van der Waals surface area (Å²) < 4.78 is 18.4. The first-order valence-electron chi connectivity index (χ1n) is 14.8. The molecule has 0 aliphatic carbocycles. The van der Waals surface area contributed by atoms with Crippen molar-refractivity contribution in [1.29, 1.82) is 0 Å². The molecule has 5 aromatic rings. The maximum atomic E-state index is 12.6. The third kappa shape index (κ3) is 8.53. The summed E-state index contributed by atoms with van der Waals surface area (Å²) in [5.74, 6) is 0.728. The van der Waals surface area contributed by atoms with Crippen LogP contribution in [0.15, 0.2) is 102 Å². The number of carbonyl (C=O) groups excluding carboxylic acids is 1. The fraction of sp³-hybridized carbons (Fsp3) is 0.297. The number of aryl methyl sites for hydroxylation is 1. The predicted molar refractivity (Wildman–Crippen MR) is 179 cm³/mol. The second-order valence-electron chi connectivity index (χ2n) is 10.6. The van der Waals surface area contributed by atoms with Crippen LogP contribution in [0.5, 0.6) is 5.75 Å². The molecule has 0 aliphatic rings. The van der Waals surface area contributed by atoms with E-state index in [0.717, 1.165) is 34.7 Å². The maximum Gasteiger partial charge on any atom is 0.344 e. The van der Waals surface area contributed by atoms with Crippen LogP contribution in [0, 0.1) is 0 Å². The van der Waals surface area contributed by atoms with Crippen molar-refractivity contribution in [3.63, 3.8) is 0 Å². The Morgan fingerprint density at radius 3 is 2.26 bits per heavy atom. The number of ether oxygens (including phenoxy) is 3. The highest BCUT2D eigenvalue weighted by molar-refractivity contribution is 7.40. The fourth-order valence-electron chi connectivity index (χ4n) is 4.73. The molecular formula is C37H41O5S+. The molecule has 0 spiro atoms. The molecular weight excluding hydrogens is 556 g/mol. The van der Waals surface area contributed by atoms with Crippen molar-refractivity contribution in [3.05, 3.63) is 113 Å². The van der Waals surface area contributed by atoms with Gasteiger partial charge in [-0.05, 0) is 64.3 Å². The number of rotatable bonds is 11. The van der Waals surface area contributed by atoms with Crippen LogP contribution in [0.2, 0.25) is 0 Å². The van der Waals surface area contributed by atoms with Crippen LogP contribution in [0.1, 0.15) is 45.1 Å². The summed E-state index contributed by atoms with van der Waals surface area (Å²) in [6, 6.07) is 32.0. The quantitative estimate of drug-likeness (QED) is 0.0659. The number of benzene rings is 4. The van der Waals surface area contributed by atoms with Crippen molar-refractivity contribution in [2.45, 2.75) is 39.5 Å². The second-order valence-corrected chi connectivity index (χ2v) is 12.5. The Kier molecular flexibility index (Phi) is 11.9. The largest absolute Gasteiger partial charge is 0.481 e. The lowest BCUT2D eigenvalue weighted by Gasteiger charge is -2.11. The Labute approximate surface area is 257 Å². The van der Waals surface area contributed by atoms with Crippen LogP contribution in [-0.2, 0) is 20.5 Å². The molecule has 0 fully saturated rings. The first-order chi connectivity index (χ1) is 20.9. The first-order valence-corrected chi connectivity index (χ1v) is 16.5. The van der Waals surface area contributed by atoms with Gasteiger partial charge >= 0.3 is 5.97 Å². The molecule has 43 heavy (non-hydrogen) atoms. The van der Waals surface area contributed by atoms with E-state index in [0.29, 0.717) is 24.9 Å². The maximum absolute atomic E-state index is 12.6. The number of fused-ring (bicyclic) bond motifs is 2. The molecule has 224 valence electrons. The Hall–Kier alpha value is -4.00. The van der Waals surface area contributed by atoms with Crippen molar-refractivity contribution in [1.82, 2.24) is 0 Å². The van der Waals surface area contributed by atoms with Gasteiger partial charge in [-0.3, -0.25) is 4.79 Å². The van der Waals surface area contributed by atoms with Crippen molar-refractivity contribution >= 4 is 36.6 Å². The highest BCUT2D eigenvalue weighted by atomic mass is 32.2. The van der Waals surface area contributed by atoms with Crippen LogP contribution in [-0.4, -0.2) is 32.4 Å². The van der Waals surface area contributed by atoms with Crippen molar-refractivity contribution < 1.29 is 19.0 Å². The number of unbranched alkanes of at least 4 members (excludes halogenated alkanes) is 1. The molecule has 5 rings (SSSR count). The zero-order valence-electron chi connectivity index (χ0n) is 25.5. The third-order valence-corrected chi connectivity index (χ3v) is 9.19. The highest BCUT2D eigenvalue weighted by Gasteiger charge is 2.17. The van der Waals surface area contributed by atoms with E-state index in [1.54, 1.807) is 0 Å².